The van der Waals surface area contributed by atoms with Gasteiger partial charge in [0.2, 0.25) is 0 Å². The molecule has 4 heteroatoms. The summed E-state index contributed by atoms with van der Waals surface area (Å²) in [6.07, 6.45) is 0. The lowest BCUT2D eigenvalue weighted by Crippen LogP contribution is -2.17. The molecule has 0 saturated heterocycles. The molecule has 0 fully saturated rings. The molecule has 19 heavy (non-hydrogen) atoms. The number of benzene rings is 1. The van der Waals surface area contributed by atoms with Gasteiger partial charge in [0.05, 0.1) is 24.5 Å². The first-order valence-electron chi connectivity index (χ1n) is 6.36. The highest BCUT2D eigenvalue weighted by molar-refractivity contribution is 5.48. The van der Waals surface area contributed by atoms with Gasteiger partial charge in [-0.1, -0.05) is 12.1 Å². The van der Waals surface area contributed by atoms with E-state index in [1.54, 1.807) is 7.11 Å². The van der Waals surface area contributed by atoms with E-state index in [0.29, 0.717) is 0 Å². The van der Waals surface area contributed by atoms with Crippen LogP contribution in [0.15, 0.2) is 18.2 Å². The van der Waals surface area contributed by atoms with E-state index in [-0.39, 0.29) is 6.04 Å². The number of nitrogens with zero attached hydrogens (tertiary/aromatic N) is 2. The molecule has 102 valence electrons. The fraction of sp³-hybridized carbons (Fsp3) is 0.400. The molecule has 2 aromatic rings. The van der Waals surface area contributed by atoms with Crippen molar-refractivity contribution >= 4 is 0 Å². The summed E-state index contributed by atoms with van der Waals surface area (Å²) < 4.78 is 7.36. The normalized spacial score (nSPS) is 12.5. The Kier molecular flexibility index (Phi) is 3.62. The highest BCUT2D eigenvalue weighted by Crippen LogP contribution is 2.32. The van der Waals surface area contributed by atoms with Crippen molar-refractivity contribution in [3.8, 4) is 5.75 Å². The van der Waals surface area contributed by atoms with Crippen LogP contribution < -0.4 is 10.5 Å². The summed E-state index contributed by atoms with van der Waals surface area (Å²) in [4.78, 5) is 0. The van der Waals surface area contributed by atoms with Crippen LogP contribution in [0.4, 0.5) is 0 Å². The molecule has 0 aliphatic heterocycles. The predicted molar refractivity (Wildman–Crippen MR) is 76.4 cm³/mol. The number of methoxy groups -OCH3 is 1. The monoisotopic (exact) mass is 259 g/mol. The van der Waals surface area contributed by atoms with Crippen molar-refractivity contribution in [3.05, 3.63) is 46.3 Å². The van der Waals surface area contributed by atoms with Crippen LogP contribution in [0.2, 0.25) is 0 Å². The summed E-state index contributed by atoms with van der Waals surface area (Å²) >= 11 is 0. The maximum Gasteiger partial charge on any atom is 0.127 e. The highest BCUT2D eigenvalue weighted by Gasteiger charge is 2.19. The van der Waals surface area contributed by atoms with Gasteiger partial charge in [0, 0.05) is 12.6 Å². The maximum atomic E-state index is 6.38. The fourth-order valence-corrected chi connectivity index (χ4v) is 2.41. The third-order valence-corrected chi connectivity index (χ3v) is 3.60. The smallest absolute Gasteiger partial charge is 0.127 e. The van der Waals surface area contributed by atoms with E-state index in [0.717, 1.165) is 28.3 Å². The largest absolute Gasteiger partial charge is 0.496 e. The standard InChI is InChI=1S/C15H21N3O/c1-9-6-7-12(15(19-5)11(9)3)14(16)13-8-10(2)17-18(13)4/h6-8,14H,16H2,1-5H3. The van der Waals surface area contributed by atoms with Gasteiger partial charge in [0.1, 0.15) is 5.75 Å². The number of hydrogen-bond acceptors (Lipinski definition) is 3. The molecule has 0 aliphatic rings. The molecule has 1 heterocycles. The predicted octanol–water partition coefficient (Wildman–Crippen LogP) is 2.40. The molecular formula is C15H21N3O. The lowest BCUT2D eigenvalue weighted by Gasteiger charge is -2.18. The third-order valence-electron chi connectivity index (χ3n) is 3.60. The zero-order valence-electron chi connectivity index (χ0n) is 12.2. The molecule has 2 rings (SSSR count). The van der Waals surface area contributed by atoms with Crippen LogP contribution in [0.1, 0.15) is 34.1 Å². The van der Waals surface area contributed by atoms with Crippen molar-refractivity contribution in [1.82, 2.24) is 9.78 Å². The number of aryl methyl sites for hydroxylation is 3. The molecule has 0 amide bonds. The van der Waals surface area contributed by atoms with Crippen LogP contribution in [0.3, 0.4) is 0 Å². The molecule has 1 aromatic carbocycles. The van der Waals surface area contributed by atoms with E-state index in [1.807, 2.05) is 30.8 Å². The molecule has 0 saturated carbocycles. The van der Waals surface area contributed by atoms with E-state index >= 15 is 0 Å². The van der Waals surface area contributed by atoms with Gasteiger partial charge in [-0.2, -0.15) is 5.10 Å². The summed E-state index contributed by atoms with van der Waals surface area (Å²) in [5.41, 5.74) is 11.7. The molecule has 0 radical (unpaired) electrons. The average Bonchev–Trinajstić information content (AvgIpc) is 2.71. The Morgan fingerprint density at radius 2 is 1.95 bits per heavy atom. The Hall–Kier alpha value is -1.81. The average molecular weight is 259 g/mol. The number of rotatable bonds is 3. The van der Waals surface area contributed by atoms with Gasteiger partial charge < -0.3 is 10.5 Å². The summed E-state index contributed by atoms with van der Waals surface area (Å²) in [6, 6.07) is 5.89. The summed E-state index contributed by atoms with van der Waals surface area (Å²) in [5.74, 6) is 0.867. The lowest BCUT2D eigenvalue weighted by atomic mass is 9.97. The van der Waals surface area contributed by atoms with Crippen LogP contribution >= 0.6 is 0 Å². The second-order valence-electron chi connectivity index (χ2n) is 4.94. The third kappa shape index (κ3) is 2.36. The van der Waals surface area contributed by atoms with Gasteiger partial charge in [0.15, 0.2) is 0 Å². The molecule has 2 N–H and O–H groups in total. The molecule has 1 aromatic heterocycles. The van der Waals surface area contributed by atoms with Crippen molar-refractivity contribution in [3.63, 3.8) is 0 Å². The quantitative estimate of drug-likeness (QED) is 0.921. The number of aromatic nitrogens is 2. The molecule has 4 nitrogen and oxygen atoms in total. The Morgan fingerprint density at radius 1 is 1.26 bits per heavy atom. The van der Waals surface area contributed by atoms with Crippen LogP contribution in [0.5, 0.6) is 5.75 Å². The minimum atomic E-state index is -0.236. The first kappa shape index (κ1) is 13.6. The van der Waals surface area contributed by atoms with Gasteiger partial charge in [-0.3, -0.25) is 4.68 Å². The number of nitrogens with two attached hydrogens (primary N) is 1. The van der Waals surface area contributed by atoms with Gasteiger partial charge in [-0.05, 0) is 38.0 Å². The van der Waals surface area contributed by atoms with E-state index < -0.39 is 0 Å². The minimum Gasteiger partial charge on any atom is -0.496 e. The molecule has 1 atom stereocenters. The zero-order valence-corrected chi connectivity index (χ0v) is 12.2. The van der Waals surface area contributed by atoms with Gasteiger partial charge >= 0.3 is 0 Å². The summed E-state index contributed by atoms with van der Waals surface area (Å²) in [6.45, 7) is 6.09. The molecule has 1 unspecified atom stereocenters. The Bertz CT molecular complexity index is 602. The van der Waals surface area contributed by atoms with Crippen molar-refractivity contribution in [2.75, 3.05) is 7.11 Å². The van der Waals surface area contributed by atoms with E-state index in [4.69, 9.17) is 10.5 Å². The maximum absolute atomic E-state index is 6.38. The van der Waals surface area contributed by atoms with Crippen molar-refractivity contribution in [2.45, 2.75) is 26.8 Å². The number of hydrogen-bond donors (Lipinski definition) is 1. The first-order chi connectivity index (χ1) is 8.95. The van der Waals surface area contributed by atoms with Crippen LogP contribution in [-0.4, -0.2) is 16.9 Å². The fourth-order valence-electron chi connectivity index (χ4n) is 2.41. The Morgan fingerprint density at radius 3 is 2.47 bits per heavy atom. The highest BCUT2D eigenvalue weighted by atomic mass is 16.5. The van der Waals surface area contributed by atoms with Crippen LogP contribution in [-0.2, 0) is 7.05 Å². The second kappa shape index (κ2) is 5.05. The van der Waals surface area contributed by atoms with Crippen molar-refractivity contribution < 1.29 is 4.74 Å². The molecule has 0 bridgehead atoms. The summed E-state index contributed by atoms with van der Waals surface area (Å²) in [7, 11) is 3.60. The second-order valence-corrected chi connectivity index (χ2v) is 4.94. The van der Waals surface area contributed by atoms with Gasteiger partial charge in [0.25, 0.3) is 0 Å². The summed E-state index contributed by atoms with van der Waals surface area (Å²) in [5, 5.41) is 4.35. The Balaban J connectivity index is 2.53. The first-order valence-corrected chi connectivity index (χ1v) is 6.36. The van der Waals surface area contributed by atoms with Crippen molar-refractivity contribution in [1.29, 1.82) is 0 Å². The lowest BCUT2D eigenvalue weighted by molar-refractivity contribution is 0.403. The Labute approximate surface area is 114 Å². The topological polar surface area (TPSA) is 53.1 Å². The molecule has 0 spiro atoms. The van der Waals surface area contributed by atoms with E-state index in [1.165, 1.54) is 5.56 Å². The number of ether oxygens (including phenoxy) is 1. The van der Waals surface area contributed by atoms with Crippen molar-refractivity contribution in [2.24, 2.45) is 12.8 Å². The minimum absolute atomic E-state index is 0.236. The van der Waals surface area contributed by atoms with Gasteiger partial charge in [-0.15, -0.1) is 0 Å². The molecule has 0 aliphatic carbocycles. The molecular weight excluding hydrogens is 238 g/mol. The van der Waals surface area contributed by atoms with Crippen LogP contribution in [0, 0.1) is 20.8 Å². The van der Waals surface area contributed by atoms with Gasteiger partial charge in [-0.25, -0.2) is 0 Å². The zero-order chi connectivity index (χ0) is 14.2. The van der Waals surface area contributed by atoms with E-state index in [9.17, 15) is 0 Å². The van der Waals surface area contributed by atoms with E-state index in [2.05, 4.69) is 25.0 Å². The van der Waals surface area contributed by atoms with Crippen LogP contribution in [0.25, 0.3) is 0 Å². The SMILES string of the molecule is COc1c(C(N)c2cc(C)nn2C)ccc(C)c1C.